The maximum atomic E-state index is 14.0. The summed E-state index contributed by atoms with van der Waals surface area (Å²) >= 11 is 0. The third kappa shape index (κ3) is 7.13. The number of amides is 1. The smallest absolute Gasteiger partial charge is 0.232 e. The Hall–Kier alpha value is -2.47. The highest BCUT2D eigenvalue weighted by Gasteiger charge is 2.44. The molecule has 0 aromatic rings. The molecule has 2 aliphatic heterocycles. The van der Waals surface area contributed by atoms with E-state index >= 15 is 0 Å². The summed E-state index contributed by atoms with van der Waals surface area (Å²) in [4.78, 5) is 18.3. The summed E-state index contributed by atoms with van der Waals surface area (Å²) in [5.74, 6) is -1.03. The maximum Gasteiger partial charge on any atom is 0.232 e. The molecular weight excluding hydrogens is 476 g/mol. The summed E-state index contributed by atoms with van der Waals surface area (Å²) < 4.78 is 6.07. The van der Waals surface area contributed by atoms with Gasteiger partial charge >= 0.3 is 0 Å². The number of rotatable bonds is 13. The Balaban J connectivity index is 2.48. The first-order valence-corrected chi connectivity index (χ1v) is 14.3. The second-order valence-electron chi connectivity index (χ2n) is 11.0. The largest absolute Gasteiger partial charge is 0.387 e. The molecule has 0 aromatic heterocycles. The average Bonchev–Trinajstić information content (AvgIpc) is 2.89. The molecule has 2 rings (SSSR count). The minimum absolute atomic E-state index is 0.145. The van der Waals surface area contributed by atoms with Gasteiger partial charge in [0.2, 0.25) is 5.91 Å². The van der Waals surface area contributed by atoms with Gasteiger partial charge in [0.1, 0.15) is 5.60 Å². The van der Waals surface area contributed by atoms with Crippen LogP contribution in [-0.4, -0.2) is 37.0 Å². The highest BCUT2D eigenvalue weighted by molar-refractivity contribution is 5.82. The summed E-state index contributed by atoms with van der Waals surface area (Å²) in [5, 5.41) is 16.4. The van der Waals surface area contributed by atoms with Crippen molar-refractivity contribution in [1.29, 1.82) is 5.26 Å². The van der Waals surface area contributed by atoms with Gasteiger partial charge in [-0.15, -0.1) is 0 Å². The van der Waals surface area contributed by atoms with Gasteiger partial charge in [0.05, 0.1) is 29.8 Å². The number of methoxy groups -OCH3 is 1. The number of nitrogens with two attached hydrogens (primary N) is 2. The minimum atomic E-state index is -0.889. The Morgan fingerprint density at radius 2 is 2.05 bits per heavy atom. The summed E-state index contributed by atoms with van der Waals surface area (Å²) in [6, 6.07) is 2.08. The zero-order valence-corrected chi connectivity index (χ0v) is 24.3. The van der Waals surface area contributed by atoms with Crippen LogP contribution in [0.4, 0.5) is 0 Å². The normalized spacial score (nSPS) is 29.9. The Bertz CT molecular complexity index is 949. The number of nitriles is 1. The van der Waals surface area contributed by atoms with Crippen LogP contribution in [0.5, 0.6) is 0 Å². The van der Waals surface area contributed by atoms with Crippen LogP contribution in [-0.2, 0) is 9.53 Å². The monoisotopic (exact) mass is 526 g/mol. The van der Waals surface area contributed by atoms with E-state index in [1.165, 1.54) is 0 Å². The standard InChI is InChI=1S/C30H50N6O2/c1-7-11-21(5)30(38-6)15-16-34-20-25(30)36-28(37)26(27(32)33)24-17-29(10-4,13-8-2)14-12-23(19-35-24)22(9-3)18-31/h12,14,16,19-22,24,26-27,35H,7-11,13,15,17,32-33H2,1-6H3,(H,36,37)/b14-12-,23-19+/t21-,22?,24?,26?,29?,30?/m0/s1. The maximum absolute atomic E-state index is 14.0. The fourth-order valence-corrected chi connectivity index (χ4v) is 6.10. The van der Waals surface area contributed by atoms with E-state index < -0.39 is 17.7 Å². The molecule has 0 aromatic carbocycles. The van der Waals surface area contributed by atoms with E-state index in [0.717, 1.165) is 37.7 Å². The lowest BCUT2D eigenvalue weighted by atomic mass is 9.71. The molecule has 2 heterocycles. The molecule has 8 nitrogen and oxygen atoms in total. The van der Waals surface area contributed by atoms with E-state index in [9.17, 15) is 10.1 Å². The Kier molecular flexibility index (Phi) is 12.2. The molecule has 6 N–H and O–H groups in total. The van der Waals surface area contributed by atoms with Crippen molar-refractivity contribution in [1.82, 2.24) is 10.6 Å². The van der Waals surface area contributed by atoms with E-state index in [2.05, 4.69) is 61.5 Å². The molecule has 0 saturated heterocycles. The third-order valence-corrected chi connectivity index (χ3v) is 8.59. The van der Waals surface area contributed by atoms with Crippen LogP contribution in [0.1, 0.15) is 86.0 Å². The first-order chi connectivity index (χ1) is 18.2. The third-order valence-electron chi connectivity index (χ3n) is 8.59. The number of hydrogen-bond donors (Lipinski definition) is 4. The molecule has 212 valence electrons. The molecule has 0 saturated carbocycles. The Morgan fingerprint density at radius 3 is 2.61 bits per heavy atom. The molecule has 1 amide bonds. The highest BCUT2D eigenvalue weighted by Crippen LogP contribution is 2.40. The second kappa shape index (κ2) is 14.6. The van der Waals surface area contributed by atoms with Gasteiger partial charge in [-0.1, -0.05) is 59.6 Å². The molecule has 8 heteroatoms. The first-order valence-electron chi connectivity index (χ1n) is 14.3. The number of hydrogen-bond acceptors (Lipinski definition) is 7. The summed E-state index contributed by atoms with van der Waals surface area (Å²) in [7, 11) is 1.69. The van der Waals surface area contributed by atoms with Gasteiger partial charge in [-0.05, 0) is 49.0 Å². The number of allylic oxidation sites excluding steroid dienone is 3. The van der Waals surface area contributed by atoms with Crippen LogP contribution in [0.2, 0.25) is 0 Å². The molecule has 0 radical (unpaired) electrons. The van der Waals surface area contributed by atoms with E-state index in [1.54, 1.807) is 13.3 Å². The van der Waals surface area contributed by atoms with Gasteiger partial charge in [-0.25, -0.2) is 0 Å². The zero-order valence-electron chi connectivity index (χ0n) is 24.3. The van der Waals surface area contributed by atoms with Crippen LogP contribution in [0.15, 0.2) is 40.8 Å². The van der Waals surface area contributed by atoms with Crippen molar-refractivity contribution in [2.75, 3.05) is 7.11 Å². The van der Waals surface area contributed by atoms with Gasteiger partial charge < -0.3 is 26.8 Å². The predicted molar refractivity (Wildman–Crippen MR) is 155 cm³/mol. The summed E-state index contributed by atoms with van der Waals surface area (Å²) in [6.45, 7) is 10.6. The molecule has 0 spiro atoms. The molecule has 38 heavy (non-hydrogen) atoms. The van der Waals surface area contributed by atoms with Crippen LogP contribution >= 0.6 is 0 Å². The van der Waals surface area contributed by atoms with Gasteiger partial charge in [0.25, 0.3) is 0 Å². The fourth-order valence-electron chi connectivity index (χ4n) is 6.10. The van der Waals surface area contributed by atoms with Crippen LogP contribution in [0.25, 0.3) is 0 Å². The second-order valence-corrected chi connectivity index (χ2v) is 11.0. The van der Waals surface area contributed by atoms with Crippen molar-refractivity contribution in [3.8, 4) is 6.07 Å². The van der Waals surface area contributed by atoms with Gasteiger partial charge in [0.15, 0.2) is 0 Å². The number of nitrogens with zero attached hydrogens (tertiary/aromatic N) is 2. The highest BCUT2D eigenvalue weighted by atomic mass is 16.5. The molecular formula is C30H50N6O2. The van der Waals surface area contributed by atoms with Crippen molar-refractivity contribution in [2.45, 2.75) is 104 Å². The molecule has 0 fully saturated rings. The summed E-state index contributed by atoms with van der Waals surface area (Å²) in [6.07, 6.45) is 15.7. The Labute approximate surface area is 230 Å². The van der Waals surface area contributed by atoms with E-state index in [4.69, 9.17) is 16.2 Å². The van der Waals surface area contributed by atoms with Crippen molar-refractivity contribution in [3.63, 3.8) is 0 Å². The van der Waals surface area contributed by atoms with E-state index in [0.29, 0.717) is 25.0 Å². The molecule has 5 unspecified atom stereocenters. The summed E-state index contributed by atoms with van der Waals surface area (Å²) in [5.41, 5.74) is 13.4. The van der Waals surface area contributed by atoms with Crippen molar-refractivity contribution >= 4 is 12.1 Å². The number of carbonyl (C=O) groups excluding carboxylic acids is 1. The molecule has 2 aliphatic rings. The van der Waals surface area contributed by atoms with Crippen molar-refractivity contribution in [3.05, 3.63) is 35.8 Å². The number of nitrogens with one attached hydrogen (secondary N) is 2. The molecule has 0 aliphatic carbocycles. The lowest BCUT2D eigenvalue weighted by Crippen LogP contribution is -2.58. The van der Waals surface area contributed by atoms with Gasteiger partial charge in [0, 0.05) is 38.2 Å². The predicted octanol–water partition coefficient (Wildman–Crippen LogP) is 4.65. The first kappa shape index (κ1) is 31.7. The zero-order chi connectivity index (χ0) is 28.3. The molecule has 6 atom stereocenters. The lowest BCUT2D eigenvalue weighted by Gasteiger charge is -2.42. The van der Waals surface area contributed by atoms with Gasteiger partial charge in [-0.2, -0.15) is 5.26 Å². The Morgan fingerprint density at radius 1 is 1.32 bits per heavy atom. The van der Waals surface area contributed by atoms with Crippen molar-refractivity contribution < 1.29 is 9.53 Å². The number of carbonyl (C=O) groups is 1. The number of aliphatic imine (C=N–C) groups is 1. The lowest BCUT2D eigenvalue weighted by molar-refractivity contribution is -0.127. The van der Waals surface area contributed by atoms with Crippen LogP contribution in [0, 0.1) is 34.5 Å². The number of ether oxygens (including phenoxy) is 1. The SMILES string of the molecule is CCC[C@H](C)C1(OC)CC=NC=C1NC(=O)C(C(N)N)C1CC(CC)(CCC)/C=C\C(C(C#N)CC)=C/N1. The average molecular weight is 527 g/mol. The van der Waals surface area contributed by atoms with E-state index in [-0.39, 0.29) is 29.2 Å². The molecule has 0 bridgehead atoms. The topological polar surface area (TPSA) is 139 Å². The van der Waals surface area contributed by atoms with Crippen LogP contribution in [0.3, 0.4) is 0 Å². The van der Waals surface area contributed by atoms with Gasteiger partial charge in [-0.3, -0.25) is 9.79 Å². The van der Waals surface area contributed by atoms with E-state index in [1.807, 2.05) is 19.3 Å². The fraction of sp³-hybridized carbons (Fsp3) is 0.700. The minimum Gasteiger partial charge on any atom is -0.387 e. The van der Waals surface area contributed by atoms with Crippen molar-refractivity contribution in [2.24, 2.45) is 39.6 Å². The van der Waals surface area contributed by atoms with Crippen LogP contribution < -0.4 is 22.1 Å². The quantitative estimate of drug-likeness (QED) is 0.258.